The molecule has 1 unspecified atom stereocenters. The average molecular weight is 310 g/mol. The number of alkyl halides is 1. The number of amides is 1. The molecule has 0 N–H and O–H groups in total. The summed E-state index contributed by atoms with van der Waals surface area (Å²) in [5.74, 6) is -0.531. The molecule has 0 radical (unpaired) electrons. The second-order valence-corrected chi connectivity index (χ2v) is 5.17. The number of carbonyl (C=O) groups excluding carboxylic acids is 1. The molecule has 0 aliphatic heterocycles. The highest BCUT2D eigenvalue weighted by Gasteiger charge is 2.23. The maximum atomic E-state index is 13.0. The van der Waals surface area contributed by atoms with Gasteiger partial charge in [0.25, 0.3) is 0 Å². The van der Waals surface area contributed by atoms with Crippen LogP contribution in [0.4, 0.5) is 4.39 Å². The van der Waals surface area contributed by atoms with Crippen LogP contribution in [0.2, 0.25) is 0 Å². The highest BCUT2D eigenvalue weighted by molar-refractivity contribution is 6.27. The van der Waals surface area contributed by atoms with E-state index in [1.807, 2.05) is 19.3 Å². The lowest BCUT2D eigenvalue weighted by molar-refractivity contribution is -0.129. The van der Waals surface area contributed by atoms with Crippen molar-refractivity contribution in [1.82, 2.24) is 14.7 Å². The number of nitrogens with zero attached hydrogens (tertiary/aromatic N) is 3. The lowest BCUT2D eigenvalue weighted by atomic mass is 10.0. The second kappa shape index (κ2) is 6.72. The molecule has 6 heteroatoms. The number of aromatic nitrogens is 2. The van der Waals surface area contributed by atoms with Gasteiger partial charge in [0.1, 0.15) is 11.7 Å². The Labute approximate surface area is 128 Å². The highest BCUT2D eigenvalue weighted by atomic mass is 35.5. The van der Waals surface area contributed by atoms with Crippen molar-refractivity contribution in [2.75, 3.05) is 12.9 Å². The van der Waals surface area contributed by atoms with Crippen molar-refractivity contribution < 1.29 is 9.18 Å². The monoisotopic (exact) mass is 309 g/mol. The summed E-state index contributed by atoms with van der Waals surface area (Å²) in [7, 11) is 3.52. The van der Waals surface area contributed by atoms with Gasteiger partial charge in [-0.05, 0) is 30.2 Å². The number of likely N-dealkylation sites (N-methyl/N-ethyl adjacent to an activating group) is 1. The van der Waals surface area contributed by atoms with Crippen molar-refractivity contribution in [3.8, 4) is 0 Å². The normalized spacial score (nSPS) is 12.2. The third kappa shape index (κ3) is 3.82. The van der Waals surface area contributed by atoms with E-state index in [-0.39, 0.29) is 23.6 Å². The molecule has 2 aromatic rings. The lowest BCUT2D eigenvalue weighted by Gasteiger charge is -2.26. The van der Waals surface area contributed by atoms with Crippen LogP contribution >= 0.6 is 11.6 Å². The Kier molecular flexibility index (Phi) is 4.96. The molecule has 1 atom stereocenters. The minimum atomic E-state index is -0.279. The van der Waals surface area contributed by atoms with Crippen LogP contribution in [0.1, 0.15) is 17.3 Å². The lowest BCUT2D eigenvalue weighted by Crippen LogP contribution is -2.33. The zero-order valence-corrected chi connectivity index (χ0v) is 12.7. The molecule has 0 bridgehead atoms. The van der Waals surface area contributed by atoms with Crippen molar-refractivity contribution in [3.63, 3.8) is 0 Å². The van der Waals surface area contributed by atoms with Gasteiger partial charge in [0.2, 0.25) is 5.91 Å². The van der Waals surface area contributed by atoms with Crippen LogP contribution in [0.5, 0.6) is 0 Å². The highest BCUT2D eigenvalue weighted by Crippen LogP contribution is 2.23. The number of carbonyl (C=O) groups is 1. The van der Waals surface area contributed by atoms with Gasteiger partial charge in [0.15, 0.2) is 0 Å². The second-order valence-electron chi connectivity index (χ2n) is 4.90. The van der Waals surface area contributed by atoms with Gasteiger partial charge in [-0.25, -0.2) is 4.39 Å². The molecule has 2 rings (SSSR count). The molecule has 0 aliphatic rings. The van der Waals surface area contributed by atoms with E-state index in [0.717, 1.165) is 11.3 Å². The van der Waals surface area contributed by atoms with Gasteiger partial charge in [0, 0.05) is 20.3 Å². The molecule has 1 heterocycles. The summed E-state index contributed by atoms with van der Waals surface area (Å²) in [6.45, 7) is 0. The summed E-state index contributed by atoms with van der Waals surface area (Å²) in [5, 5.41) is 4.37. The first-order valence-electron chi connectivity index (χ1n) is 6.57. The van der Waals surface area contributed by atoms with E-state index in [1.165, 1.54) is 12.1 Å². The predicted octanol–water partition coefficient (Wildman–Crippen LogP) is 2.54. The molecule has 0 aliphatic carbocycles. The first-order chi connectivity index (χ1) is 10.0. The minimum Gasteiger partial charge on any atom is -0.336 e. The fraction of sp³-hybridized carbons (Fsp3) is 0.333. The fourth-order valence-electron chi connectivity index (χ4n) is 2.16. The first-order valence-corrected chi connectivity index (χ1v) is 7.10. The molecule has 0 fully saturated rings. The van der Waals surface area contributed by atoms with Crippen molar-refractivity contribution in [1.29, 1.82) is 0 Å². The van der Waals surface area contributed by atoms with E-state index in [9.17, 15) is 9.18 Å². The molecule has 1 aromatic heterocycles. The van der Waals surface area contributed by atoms with E-state index >= 15 is 0 Å². The van der Waals surface area contributed by atoms with Gasteiger partial charge >= 0.3 is 0 Å². The van der Waals surface area contributed by atoms with Crippen LogP contribution in [0, 0.1) is 5.82 Å². The van der Waals surface area contributed by atoms with Crippen LogP contribution in [0.15, 0.2) is 36.5 Å². The number of halogens is 2. The van der Waals surface area contributed by atoms with Gasteiger partial charge < -0.3 is 4.90 Å². The Morgan fingerprint density at radius 1 is 1.38 bits per heavy atom. The van der Waals surface area contributed by atoms with Crippen LogP contribution in [-0.4, -0.2) is 33.5 Å². The molecule has 0 spiro atoms. The van der Waals surface area contributed by atoms with E-state index in [2.05, 4.69) is 5.10 Å². The van der Waals surface area contributed by atoms with Crippen molar-refractivity contribution >= 4 is 17.5 Å². The number of hydrogen-bond donors (Lipinski definition) is 0. The number of benzene rings is 1. The smallest absolute Gasteiger partial charge is 0.237 e. The van der Waals surface area contributed by atoms with Crippen molar-refractivity contribution in [2.45, 2.75) is 12.5 Å². The SMILES string of the molecule is CN(C(=O)CCl)C(Cc1ccc(F)cc1)c1ccn(C)n1. The molecule has 112 valence electrons. The Morgan fingerprint density at radius 2 is 2.05 bits per heavy atom. The minimum absolute atomic E-state index is 0.0801. The maximum absolute atomic E-state index is 13.0. The van der Waals surface area contributed by atoms with E-state index in [1.54, 1.807) is 28.8 Å². The Bertz CT molecular complexity index is 612. The fourth-order valence-corrected chi connectivity index (χ4v) is 2.35. The van der Waals surface area contributed by atoms with Crippen molar-refractivity contribution in [2.24, 2.45) is 7.05 Å². The van der Waals surface area contributed by atoms with Crippen LogP contribution in [-0.2, 0) is 18.3 Å². The Hall–Kier alpha value is -1.88. The van der Waals surface area contributed by atoms with Gasteiger partial charge in [-0.1, -0.05) is 12.1 Å². The van der Waals surface area contributed by atoms with Gasteiger partial charge in [-0.15, -0.1) is 11.6 Å². The number of hydrogen-bond acceptors (Lipinski definition) is 2. The predicted molar refractivity (Wildman–Crippen MR) is 79.5 cm³/mol. The van der Waals surface area contributed by atoms with Gasteiger partial charge in [-0.3, -0.25) is 9.48 Å². The van der Waals surface area contributed by atoms with Gasteiger partial charge in [-0.2, -0.15) is 5.10 Å². The quantitative estimate of drug-likeness (QED) is 0.796. The maximum Gasteiger partial charge on any atom is 0.237 e. The van der Waals surface area contributed by atoms with Crippen LogP contribution in [0.3, 0.4) is 0 Å². The third-order valence-electron chi connectivity index (χ3n) is 3.39. The molecular formula is C15H17ClFN3O. The summed E-state index contributed by atoms with van der Waals surface area (Å²) in [6, 6.07) is 7.88. The summed E-state index contributed by atoms with van der Waals surface area (Å²) >= 11 is 5.64. The molecule has 4 nitrogen and oxygen atoms in total. The zero-order valence-electron chi connectivity index (χ0n) is 12.0. The van der Waals surface area contributed by atoms with Crippen molar-refractivity contribution in [3.05, 3.63) is 53.6 Å². The average Bonchev–Trinajstić information content (AvgIpc) is 2.91. The first kappa shape index (κ1) is 15.5. The standard InChI is InChI=1S/C15H17ClFN3O/c1-19-8-7-13(18-19)14(20(2)15(21)10-16)9-11-3-5-12(17)6-4-11/h3-8,14H,9-10H2,1-2H3. The van der Waals surface area contributed by atoms with Gasteiger partial charge in [0.05, 0.1) is 11.7 Å². The van der Waals surface area contributed by atoms with E-state index in [0.29, 0.717) is 6.42 Å². The Morgan fingerprint density at radius 3 is 2.57 bits per heavy atom. The van der Waals surface area contributed by atoms with E-state index in [4.69, 9.17) is 11.6 Å². The number of aryl methyl sites for hydroxylation is 1. The molecule has 1 aromatic carbocycles. The Balaban J connectivity index is 2.27. The molecular weight excluding hydrogens is 293 g/mol. The summed E-state index contributed by atoms with van der Waals surface area (Å²) in [5.41, 5.74) is 1.71. The third-order valence-corrected chi connectivity index (χ3v) is 3.62. The topological polar surface area (TPSA) is 38.1 Å². The van der Waals surface area contributed by atoms with E-state index < -0.39 is 0 Å². The molecule has 0 saturated carbocycles. The molecule has 1 amide bonds. The summed E-state index contributed by atoms with van der Waals surface area (Å²) in [4.78, 5) is 13.5. The molecule has 21 heavy (non-hydrogen) atoms. The number of rotatable bonds is 5. The summed E-state index contributed by atoms with van der Waals surface area (Å²) < 4.78 is 14.7. The summed E-state index contributed by atoms with van der Waals surface area (Å²) in [6.07, 6.45) is 2.38. The largest absolute Gasteiger partial charge is 0.336 e. The molecule has 0 saturated heterocycles. The zero-order chi connectivity index (χ0) is 15.4. The van der Waals surface area contributed by atoms with Crippen LogP contribution in [0.25, 0.3) is 0 Å². The van der Waals surface area contributed by atoms with Crippen LogP contribution < -0.4 is 0 Å².